The van der Waals surface area contributed by atoms with Gasteiger partial charge in [-0.15, -0.1) is 0 Å². The van der Waals surface area contributed by atoms with Crippen molar-refractivity contribution in [1.82, 2.24) is 19.8 Å². The molecule has 0 spiro atoms. The fraction of sp³-hybridized carbons (Fsp3) is 0.474. The summed E-state index contributed by atoms with van der Waals surface area (Å²) in [5.41, 5.74) is 6.52. The highest BCUT2D eigenvalue weighted by molar-refractivity contribution is 6.18. The molecule has 0 bridgehead atoms. The minimum atomic E-state index is -0.777. The van der Waals surface area contributed by atoms with E-state index in [0.29, 0.717) is 31.9 Å². The molecule has 10 nitrogen and oxygen atoms in total. The van der Waals surface area contributed by atoms with Crippen LogP contribution in [0, 0.1) is 23.0 Å². The monoisotopic (exact) mass is 711 g/mol. The Morgan fingerprint density at radius 3 is 2.37 bits per heavy atom. The van der Waals surface area contributed by atoms with Crippen LogP contribution >= 0.6 is 0 Å². The first-order valence-corrected chi connectivity index (χ1v) is 17.2. The molecule has 3 aromatic rings. The molecule has 2 aromatic carbocycles. The number of carbonyl (C=O) groups excluding carboxylic acids is 3. The SMILES string of the molecule is CC(C)(C)C(c1nc(-c2cc(F)ccc2F)cn1Cc1ccccc1)N(CC[C@@H](N)CF)C(=O)CNCCOCCOCCC1C(=O)C=CC1=O. The number of amides is 1. The van der Waals surface area contributed by atoms with Crippen molar-refractivity contribution in [2.75, 3.05) is 52.7 Å². The van der Waals surface area contributed by atoms with E-state index in [1.165, 1.54) is 12.2 Å². The summed E-state index contributed by atoms with van der Waals surface area (Å²) >= 11 is 0. The van der Waals surface area contributed by atoms with Gasteiger partial charge in [0.15, 0.2) is 11.6 Å². The van der Waals surface area contributed by atoms with Crippen LogP contribution in [0.5, 0.6) is 0 Å². The van der Waals surface area contributed by atoms with Gasteiger partial charge in [-0.05, 0) is 54.2 Å². The molecule has 0 radical (unpaired) electrons. The zero-order chi connectivity index (χ0) is 37.0. The zero-order valence-corrected chi connectivity index (χ0v) is 29.5. The van der Waals surface area contributed by atoms with Crippen molar-refractivity contribution in [3.8, 4) is 11.3 Å². The Morgan fingerprint density at radius 1 is 1.02 bits per heavy atom. The lowest BCUT2D eigenvalue weighted by molar-refractivity contribution is -0.136. The molecule has 0 saturated heterocycles. The number of allylic oxidation sites excluding steroid dienone is 2. The second kappa shape index (κ2) is 18.9. The number of alkyl halides is 1. The van der Waals surface area contributed by atoms with Crippen LogP contribution in [0.4, 0.5) is 13.2 Å². The summed E-state index contributed by atoms with van der Waals surface area (Å²) in [6, 6.07) is 11.3. The van der Waals surface area contributed by atoms with E-state index in [1.807, 2.05) is 55.7 Å². The summed E-state index contributed by atoms with van der Waals surface area (Å²) in [5.74, 6) is -2.09. The van der Waals surface area contributed by atoms with Gasteiger partial charge < -0.3 is 30.0 Å². The zero-order valence-electron chi connectivity index (χ0n) is 29.5. The van der Waals surface area contributed by atoms with Gasteiger partial charge in [-0.2, -0.15) is 0 Å². The molecule has 1 amide bonds. The second-order valence-electron chi connectivity index (χ2n) is 13.7. The van der Waals surface area contributed by atoms with E-state index < -0.39 is 41.7 Å². The summed E-state index contributed by atoms with van der Waals surface area (Å²) < 4.78 is 55.7. The van der Waals surface area contributed by atoms with Crippen molar-refractivity contribution in [2.24, 2.45) is 17.1 Å². The van der Waals surface area contributed by atoms with Gasteiger partial charge in [0.1, 0.15) is 24.1 Å². The van der Waals surface area contributed by atoms with Gasteiger partial charge in [0.2, 0.25) is 5.91 Å². The van der Waals surface area contributed by atoms with Crippen LogP contribution in [-0.4, -0.2) is 90.7 Å². The van der Waals surface area contributed by atoms with Gasteiger partial charge in [-0.3, -0.25) is 14.4 Å². The number of imidazole rings is 1. The predicted molar refractivity (Wildman–Crippen MR) is 187 cm³/mol. The van der Waals surface area contributed by atoms with E-state index in [1.54, 1.807) is 11.1 Å². The number of hydrogen-bond donors (Lipinski definition) is 2. The Hall–Kier alpha value is -4.17. The molecule has 0 aliphatic heterocycles. The number of nitrogens with two attached hydrogens (primary N) is 1. The third-order valence-electron chi connectivity index (χ3n) is 8.56. The Bertz CT molecular complexity index is 1620. The number of rotatable bonds is 20. The summed E-state index contributed by atoms with van der Waals surface area (Å²) in [7, 11) is 0. The van der Waals surface area contributed by atoms with Gasteiger partial charge in [0.05, 0.1) is 44.0 Å². The number of ketones is 2. The van der Waals surface area contributed by atoms with Crippen molar-refractivity contribution in [2.45, 2.75) is 52.2 Å². The molecule has 13 heteroatoms. The minimum absolute atomic E-state index is 0.00330. The second-order valence-corrected chi connectivity index (χ2v) is 13.7. The molecule has 0 saturated carbocycles. The number of aromatic nitrogens is 2. The topological polar surface area (TPSA) is 129 Å². The lowest BCUT2D eigenvalue weighted by Crippen LogP contribution is -2.47. The molecule has 4 rings (SSSR count). The van der Waals surface area contributed by atoms with Gasteiger partial charge in [-0.25, -0.2) is 18.2 Å². The van der Waals surface area contributed by atoms with Crippen LogP contribution in [0.2, 0.25) is 0 Å². The summed E-state index contributed by atoms with van der Waals surface area (Å²) in [4.78, 5) is 43.8. The van der Waals surface area contributed by atoms with E-state index in [2.05, 4.69) is 5.32 Å². The van der Waals surface area contributed by atoms with Crippen LogP contribution in [0.3, 0.4) is 0 Å². The summed E-state index contributed by atoms with van der Waals surface area (Å²) in [5, 5.41) is 3.11. The highest BCUT2D eigenvalue weighted by Crippen LogP contribution is 2.39. The first kappa shape index (κ1) is 39.6. The molecule has 1 aliphatic carbocycles. The van der Waals surface area contributed by atoms with Gasteiger partial charge >= 0.3 is 0 Å². The van der Waals surface area contributed by atoms with E-state index in [-0.39, 0.29) is 68.1 Å². The molecule has 276 valence electrons. The predicted octanol–water partition coefficient (Wildman–Crippen LogP) is 4.82. The Kier molecular flexibility index (Phi) is 14.7. The smallest absolute Gasteiger partial charge is 0.237 e. The summed E-state index contributed by atoms with van der Waals surface area (Å²) in [6.07, 6.45) is 4.78. The maximum Gasteiger partial charge on any atom is 0.237 e. The third-order valence-corrected chi connectivity index (χ3v) is 8.56. The fourth-order valence-electron chi connectivity index (χ4n) is 5.94. The number of nitrogens with one attached hydrogen (secondary N) is 1. The molecular formula is C38H48F3N5O5. The minimum Gasteiger partial charge on any atom is -0.379 e. The molecule has 1 aromatic heterocycles. The molecule has 1 unspecified atom stereocenters. The molecule has 1 aliphatic rings. The largest absolute Gasteiger partial charge is 0.379 e. The van der Waals surface area contributed by atoms with Crippen molar-refractivity contribution in [3.05, 3.63) is 89.9 Å². The normalized spacial score (nSPS) is 14.7. The molecule has 1 heterocycles. The standard InChI is InChI=1S/C38H48F3N5O5/c1-38(2,3)36(37-44-32(30-21-27(40)9-10-31(30)41)25-45(37)24-26-7-5-4-6-8-26)46(16-13-28(42)22-39)35(49)23-43-15-18-51-20-19-50-17-14-29-33(47)11-12-34(29)48/h4-12,21,25,28-29,36,43H,13-20,22-24,42H2,1-3H3/t28-,36?/m1/s1. The summed E-state index contributed by atoms with van der Waals surface area (Å²) in [6.45, 7) is 7.05. The van der Waals surface area contributed by atoms with Crippen molar-refractivity contribution < 1.29 is 37.0 Å². The van der Waals surface area contributed by atoms with Crippen LogP contribution in [0.1, 0.15) is 51.0 Å². The van der Waals surface area contributed by atoms with E-state index >= 15 is 4.39 Å². The average Bonchev–Trinajstić information content (AvgIpc) is 3.65. The van der Waals surface area contributed by atoms with Crippen molar-refractivity contribution >= 4 is 17.5 Å². The Balaban J connectivity index is 1.46. The number of benzene rings is 2. The van der Waals surface area contributed by atoms with Crippen LogP contribution < -0.4 is 11.1 Å². The van der Waals surface area contributed by atoms with Crippen molar-refractivity contribution in [3.63, 3.8) is 0 Å². The number of hydrogen-bond acceptors (Lipinski definition) is 8. The van der Waals surface area contributed by atoms with Crippen LogP contribution in [0.25, 0.3) is 11.3 Å². The van der Waals surface area contributed by atoms with Crippen LogP contribution in [-0.2, 0) is 30.4 Å². The van der Waals surface area contributed by atoms with E-state index in [0.717, 1.165) is 23.8 Å². The Labute approximate surface area is 297 Å². The van der Waals surface area contributed by atoms with Crippen molar-refractivity contribution in [1.29, 1.82) is 0 Å². The van der Waals surface area contributed by atoms with E-state index in [4.69, 9.17) is 20.2 Å². The molecule has 2 atom stereocenters. The first-order valence-electron chi connectivity index (χ1n) is 17.2. The number of halogens is 3. The van der Waals surface area contributed by atoms with Gasteiger partial charge in [0, 0.05) is 44.0 Å². The Morgan fingerprint density at radius 2 is 1.71 bits per heavy atom. The number of carbonyl (C=O) groups is 3. The highest BCUT2D eigenvalue weighted by atomic mass is 19.1. The van der Waals surface area contributed by atoms with Crippen LogP contribution in [0.15, 0.2) is 66.9 Å². The lowest BCUT2D eigenvalue weighted by atomic mass is 9.84. The molecule has 3 N–H and O–H groups in total. The molecule has 0 fully saturated rings. The van der Waals surface area contributed by atoms with E-state index in [9.17, 15) is 23.2 Å². The quantitative estimate of drug-likeness (QED) is 0.126. The molecular weight excluding hydrogens is 663 g/mol. The maximum absolute atomic E-state index is 15.0. The number of nitrogens with zero attached hydrogens (tertiary/aromatic N) is 3. The number of ether oxygens (including phenoxy) is 2. The first-order chi connectivity index (χ1) is 24.4. The highest BCUT2D eigenvalue weighted by Gasteiger charge is 2.38. The lowest BCUT2D eigenvalue weighted by Gasteiger charge is -2.40. The van der Waals surface area contributed by atoms with Gasteiger partial charge in [0.25, 0.3) is 0 Å². The maximum atomic E-state index is 15.0. The molecule has 51 heavy (non-hydrogen) atoms. The average molecular weight is 712 g/mol. The van der Waals surface area contributed by atoms with Gasteiger partial charge in [-0.1, -0.05) is 51.1 Å². The third kappa shape index (κ3) is 11.4. The fourth-order valence-corrected chi connectivity index (χ4v) is 5.94.